The second-order valence-electron chi connectivity index (χ2n) is 6.89. The maximum absolute atomic E-state index is 12.7. The average Bonchev–Trinajstić information content (AvgIpc) is 3.15. The third-order valence-corrected chi connectivity index (χ3v) is 7.04. The zero-order valence-electron chi connectivity index (χ0n) is 15.0. The van der Waals surface area contributed by atoms with Gasteiger partial charge in [-0.1, -0.05) is 12.8 Å². The van der Waals surface area contributed by atoms with Gasteiger partial charge in [0, 0.05) is 44.7 Å². The van der Waals surface area contributed by atoms with Crippen LogP contribution in [-0.2, 0) is 14.8 Å². The van der Waals surface area contributed by atoms with Crippen LogP contribution >= 0.6 is 0 Å². The zero-order chi connectivity index (χ0) is 18.7. The first-order valence-corrected chi connectivity index (χ1v) is 10.5. The standard InChI is InChI=1S/C18H25N3O4S/c1-14(22)20-10-12-21(13-11-20)26(24,25)17-8-6-15(7-9-17)18(23)19-16-4-2-3-5-16/h6-9,16H,2-5,10-13H2,1H3,(H,19,23). The van der Waals surface area contributed by atoms with Gasteiger partial charge in [-0.15, -0.1) is 0 Å². The van der Waals surface area contributed by atoms with E-state index < -0.39 is 10.0 Å². The van der Waals surface area contributed by atoms with E-state index >= 15 is 0 Å². The fraction of sp³-hybridized carbons (Fsp3) is 0.556. The highest BCUT2D eigenvalue weighted by Gasteiger charge is 2.29. The molecule has 26 heavy (non-hydrogen) atoms. The van der Waals surface area contributed by atoms with Gasteiger partial charge in [-0.25, -0.2) is 8.42 Å². The van der Waals surface area contributed by atoms with Crippen molar-refractivity contribution in [3.8, 4) is 0 Å². The minimum atomic E-state index is -3.61. The Kier molecular flexibility index (Phi) is 5.62. The van der Waals surface area contributed by atoms with Crippen LogP contribution in [-0.4, -0.2) is 61.7 Å². The molecule has 0 unspecified atom stereocenters. The zero-order valence-corrected chi connectivity index (χ0v) is 15.8. The summed E-state index contributed by atoms with van der Waals surface area (Å²) in [6.45, 7) is 2.85. The Labute approximate surface area is 154 Å². The number of benzene rings is 1. The molecule has 8 heteroatoms. The SMILES string of the molecule is CC(=O)N1CCN(S(=O)(=O)c2ccc(C(=O)NC3CCCC3)cc2)CC1. The van der Waals surface area contributed by atoms with E-state index in [0.717, 1.165) is 25.7 Å². The van der Waals surface area contributed by atoms with Gasteiger partial charge < -0.3 is 10.2 Å². The van der Waals surface area contributed by atoms with Crippen LogP contribution in [0.15, 0.2) is 29.2 Å². The molecule has 1 aliphatic carbocycles. The highest BCUT2D eigenvalue weighted by Crippen LogP contribution is 2.20. The maximum Gasteiger partial charge on any atom is 0.251 e. The smallest absolute Gasteiger partial charge is 0.251 e. The molecule has 0 aromatic heterocycles. The number of piperazine rings is 1. The second-order valence-corrected chi connectivity index (χ2v) is 8.83. The van der Waals surface area contributed by atoms with Crippen LogP contribution in [0, 0.1) is 0 Å². The summed E-state index contributed by atoms with van der Waals surface area (Å²) in [4.78, 5) is 25.4. The quantitative estimate of drug-likeness (QED) is 0.852. The molecule has 1 aliphatic heterocycles. The lowest BCUT2D eigenvalue weighted by Gasteiger charge is -2.33. The molecule has 0 radical (unpaired) electrons. The molecule has 0 atom stereocenters. The largest absolute Gasteiger partial charge is 0.349 e. The van der Waals surface area contributed by atoms with Crippen LogP contribution < -0.4 is 5.32 Å². The Morgan fingerprint density at radius 3 is 2.12 bits per heavy atom. The van der Waals surface area contributed by atoms with E-state index in [1.165, 1.54) is 23.4 Å². The number of carbonyl (C=O) groups excluding carboxylic acids is 2. The Morgan fingerprint density at radius 2 is 1.58 bits per heavy atom. The predicted molar refractivity (Wildman–Crippen MR) is 97.2 cm³/mol. The van der Waals surface area contributed by atoms with Crippen molar-refractivity contribution in [2.75, 3.05) is 26.2 Å². The molecule has 1 aromatic carbocycles. The van der Waals surface area contributed by atoms with Gasteiger partial charge in [-0.3, -0.25) is 9.59 Å². The predicted octanol–water partition coefficient (Wildman–Crippen LogP) is 1.21. The molecular weight excluding hydrogens is 354 g/mol. The van der Waals surface area contributed by atoms with E-state index in [1.807, 2.05) is 0 Å². The molecule has 0 spiro atoms. The van der Waals surface area contributed by atoms with Crippen molar-refractivity contribution in [2.24, 2.45) is 0 Å². The highest BCUT2D eigenvalue weighted by atomic mass is 32.2. The number of carbonyl (C=O) groups is 2. The molecule has 142 valence electrons. The van der Waals surface area contributed by atoms with Crippen LogP contribution in [0.4, 0.5) is 0 Å². The maximum atomic E-state index is 12.7. The Hall–Kier alpha value is -1.93. The molecule has 2 fully saturated rings. The van der Waals surface area contributed by atoms with Gasteiger partial charge in [0.2, 0.25) is 15.9 Å². The third-order valence-electron chi connectivity index (χ3n) is 5.13. The van der Waals surface area contributed by atoms with E-state index in [1.54, 1.807) is 17.0 Å². The van der Waals surface area contributed by atoms with E-state index in [2.05, 4.69) is 5.32 Å². The second kappa shape index (κ2) is 7.75. The monoisotopic (exact) mass is 379 g/mol. The summed E-state index contributed by atoms with van der Waals surface area (Å²) in [5.41, 5.74) is 0.470. The third kappa shape index (κ3) is 4.07. The lowest BCUT2D eigenvalue weighted by atomic mass is 10.2. The number of nitrogens with zero attached hydrogens (tertiary/aromatic N) is 2. The van der Waals surface area contributed by atoms with Gasteiger partial charge in [0.1, 0.15) is 0 Å². The fourth-order valence-electron chi connectivity index (χ4n) is 3.51. The van der Waals surface area contributed by atoms with Crippen LogP contribution in [0.3, 0.4) is 0 Å². The Bertz CT molecular complexity index is 762. The number of hydrogen-bond donors (Lipinski definition) is 1. The number of sulfonamides is 1. The molecular formula is C18H25N3O4S. The summed E-state index contributed by atoms with van der Waals surface area (Å²) in [5.74, 6) is -0.199. The summed E-state index contributed by atoms with van der Waals surface area (Å²) >= 11 is 0. The molecule has 3 rings (SSSR count). The topological polar surface area (TPSA) is 86.8 Å². The molecule has 7 nitrogen and oxygen atoms in total. The Morgan fingerprint density at radius 1 is 1.00 bits per heavy atom. The lowest BCUT2D eigenvalue weighted by molar-refractivity contribution is -0.129. The van der Waals surface area contributed by atoms with E-state index in [0.29, 0.717) is 18.7 Å². The lowest BCUT2D eigenvalue weighted by Crippen LogP contribution is -2.49. The summed E-state index contributed by atoms with van der Waals surface area (Å²) in [6.07, 6.45) is 4.28. The van der Waals surface area contributed by atoms with Crippen molar-refractivity contribution in [3.63, 3.8) is 0 Å². The molecule has 1 saturated carbocycles. The first-order chi connectivity index (χ1) is 12.4. The number of amides is 2. The first kappa shape index (κ1) is 18.8. The van der Waals surface area contributed by atoms with Crippen molar-refractivity contribution in [1.29, 1.82) is 0 Å². The van der Waals surface area contributed by atoms with Crippen molar-refractivity contribution < 1.29 is 18.0 Å². The highest BCUT2D eigenvalue weighted by molar-refractivity contribution is 7.89. The van der Waals surface area contributed by atoms with Crippen molar-refractivity contribution in [2.45, 2.75) is 43.5 Å². The van der Waals surface area contributed by atoms with E-state index in [9.17, 15) is 18.0 Å². The van der Waals surface area contributed by atoms with Gasteiger partial charge in [-0.05, 0) is 37.1 Å². The normalized spacial score (nSPS) is 19.5. The molecule has 1 saturated heterocycles. The summed E-state index contributed by atoms with van der Waals surface area (Å²) in [6, 6.07) is 6.31. The average molecular weight is 379 g/mol. The summed E-state index contributed by atoms with van der Waals surface area (Å²) in [5, 5.41) is 3.00. The number of nitrogens with one attached hydrogen (secondary N) is 1. The summed E-state index contributed by atoms with van der Waals surface area (Å²) < 4.78 is 26.9. The number of hydrogen-bond acceptors (Lipinski definition) is 4. The van der Waals surface area contributed by atoms with Gasteiger partial charge in [0.05, 0.1) is 4.90 Å². The van der Waals surface area contributed by atoms with Gasteiger partial charge in [0.25, 0.3) is 5.91 Å². The van der Waals surface area contributed by atoms with E-state index in [4.69, 9.17) is 0 Å². The Balaban J connectivity index is 1.65. The van der Waals surface area contributed by atoms with Crippen molar-refractivity contribution >= 4 is 21.8 Å². The van der Waals surface area contributed by atoms with E-state index in [-0.39, 0.29) is 35.8 Å². The number of rotatable bonds is 4. The minimum absolute atomic E-state index is 0.0420. The van der Waals surface area contributed by atoms with Crippen LogP contribution in [0.2, 0.25) is 0 Å². The van der Waals surface area contributed by atoms with Crippen molar-refractivity contribution in [3.05, 3.63) is 29.8 Å². The molecule has 1 N–H and O–H groups in total. The van der Waals surface area contributed by atoms with Crippen LogP contribution in [0.5, 0.6) is 0 Å². The van der Waals surface area contributed by atoms with Gasteiger partial charge in [0.15, 0.2) is 0 Å². The molecule has 2 amide bonds. The molecule has 1 aromatic rings. The van der Waals surface area contributed by atoms with Gasteiger partial charge >= 0.3 is 0 Å². The fourth-order valence-corrected chi connectivity index (χ4v) is 4.93. The summed E-state index contributed by atoms with van der Waals surface area (Å²) in [7, 11) is -3.61. The first-order valence-electron chi connectivity index (χ1n) is 9.04. The van der Waals surface area contributed by atoms with Crippen LogP contribution in [0.1, 0.15) is 43.0 Å². The molecule has 0 bridgehead atoms. The van der Waals surface area contributed by atoms with Crippen molar-refractivity contribution in [1.82, 2.24) is 14.5 Å². The van der Waals surface area contributed by atoms with Crippen LogP contribution in [0.25, 0.3) is 0 Å². The van der Waals surface area contributed by atoms with Gasteiger partial charge in [-0.2, -0.15) is 4.31 Å². The minimum Gasteiger partial charge on any atom is -0.349 e. The molecule has 2 aliphatic rings. The molecule has 1 heterocycles.